The normalized spacial score (nSPS) is 15.5. The molecule has 51 heavy (non-hydrogen) atoms. The summed E-state index contributed by atoms with van der Waals surface area (Å²) in [7, 11) is -4.66. The van der Waals surface area contributed by atoms with Gasteiger partial charge in [0, 0.05) is 12.8 Å². The Morgan fingerprint density at radius 1 is 0.686 bits per heavy atom. The molecule has 0 aromatic carbocycles. The van der Waals surface area contributed by atoms with E-state index in [1.54, 1.807) is 12.2 Å². The Hall–Kier alpha value is -2.37. The molecule has 4 N–H and O–H groups in total. The van der Waals surface area contributed by atoms with Crippen LogP contribution in [0.4, 0.5) is 0 Å². The molecule has 0 aromatic rings. The minimum Gasteiger partial charge on any atom is -0.462 e. The zero-order valence-electron chi connectivity index (χ0n) is 31.3. The van der Waals surface area contributed by atoms with Gasteiger partial charge in [0.25, 0.3) is 0 Å². The fourth-order valence-electron chi connectivity index (χ4n) is 4.56. The molecule has 0 aliphatic rings. The average Bonchev–Trinajstić information content (AvgIpc) is 3.09. The Morgan fingerprint density at radius 3 is 1.88 bits per heavy atom. The Bertz CT molecular complexity index is 1070. The first-order valence-corrected chi connectivity index (χ1v) is 20.2. The zero-order valence-corrected chi connectivity index (χ0v) is 32.2. The van der Waals surface area contributed by atoms with Gasteiger partial charge in [0.05, 0.1) is 25.9 Å². The van der Waals surface area contributed by atoms with Crippen molar-refractivity contribution in [2.75, 3.05) is 26.4 Å². The lowest BCUT2D eigenvalue weighted by Crippen LogP contribution is -2.30. The van der Waals surface area contributed by atoms with Crippen LogP contribution >= 0.6 is 7.82 Å². The fraction of sp³-hybridized carbons (Fsp3) is 0.692. The quantitative estimate of drug-likeness (QED) is 0.0169. The Balaban J connectivity index is 4.59. The summed E-state index contributed by atoms with van der Waals surface area (Å²) in [5.74, 6) is -0.419. The molecule has 11 nitrogen and oxygen atoms in total. The monoisotopic (exact) mass is 742 g/mol. The van der Waals surface area contributed by atoms with Crippen molar-refractivity contribution in [3.8, 4) is 0 Å². The summed E-state index contributed by atoms with van der Waals surface area (Å²) in [6.45, 7) is 4.24. The van der Waals surface area contributed by atoms with Gasteiger partial charge in [-0.3, -0.25) is 18.6 Å². The largest absolute Gasteiger partial charge is 0.472 e. The van der Waals surface area contributed by atoms with Gasteiger partial charge in [-0.15, -0.1) is 0 Å². The van der Waals surface area contributed by atoms with Gasteiger partial charge in [0.2, 0.25) is 0 Å². The number of unbranched alkanes of at least 4 members (excludes halogenated alkanes) is 6. The highest BCUT2D eigenvalue weighted by atomic mass is 31.2. The lowest BCUT2D eigenvalue weighted by molar-refractivity contribution is -0.161. The number of aliphatic hydroxyl groups is 3. The molecule has 0 spiro atoms. The number of rotatable bonds is 33. The van der Waals surface area contributed by atoms with E-state index >= 15 is 0 Å². The van der Waals surface area contributed by atoms with Crippen LogP contribution in [0, 0.1) is 5.92 Å². The molecule has 12 heteroatoms. The third-order valence-electron chi connectivity index (χ3n) is 7.47. The minimum absolute atomic E-state index is 0.00845. The third-order valence-corrected chi connectivity index (χ3v) is 8.42. The van der Waals surface area contributed by atoms with Crippen LogP contribution in [0.5, 0.6) is 0 Å². The summed E-state index contributed by atoms with van der Waals surface area (Å²) in [5, 5.41) is 28.5. The summed E-state index contributed by atoms with van der Waals surface area (Å²) < 4.78 is 32.4. The molecule has 294 valence electrons. The fourth-order valence-corrected chi connectivity index (χ4v) is 5.35. The maximum absolute atomic E-state index is 12.5. The van der Waals surface area contributed by atoms with Gasteiger partial charge < -0.3 is 29.7 Å². The number of hydrogen-bond acceptors (Lipinski definition) is 10. The number of carbonyl (C=O) groups is 2. The number of ether oxygens (including phenoxy) is 2. The van der Waals surface area contributed by atoms with Gasteiger partial charge in [0.15, 0.2) is 6.10 Å². The first kappa shape index (κ1) is 48.6. The van der Waals surface area contributed by atoms with Crippen LogP contribution in [-0.2, 0) is 32.7 Å². The van der Waals surface area contributed by atoms with Gasteiger partial charge >= 0.3 is 19.8 Å². The van der Waals surface area contributed by atoms with Crippen molar-refractivity contribution in [3.63, 3.8) is 0 Å². The molecule has 0 radical (unpaired) electrons. The first-order valence-electron chi connectivity index (χ1n) is 18.7. The predicted octanol–water partition coefficient (Wildman–Crippen LogP) is 7.99. The van der Waals surface area contributed by atoms with E-state index < -0.39 is 64.5 Å². The molecule has 2 unspecified atom stereocenters. The number of phosphoric acid groups is 1. The highest BCUT2D eigenvalue weighted by Gasteiger charge is 2.27. The van der Waals surface area contributed by atoms with Crippen LogP contribution in [0.1, 0.15) is 124 Å². The average molecular weight is 743 g/mol. The van der Waals surface area contributed by atoms with E-state index in [4.69, 9.17) is 19.1 Å². The molecule has 0 aliphatic heterocycles. The molecule has 0 fully saturated rings. The molecule has 0 saturated heterocycles. The molecular weight excluding hydrogens is 675 g/mol. The standard InChI is InChI=1S/C39H67O11P/c1-4-5-6-7-8-9-10-11-12-13-16-19-22-26-35(41)27-24-29-38(43)47-32-37(33-49-51(45,46)48-31-36(42)30-40)50-39(44)28-23-20-17-14-15-18-21-25-34(2)3/h5-6,8-9,11-12,16,19,22,26,34-37,40-42H,4,7,10,13-15,17-18,20-21,23-25,27-33H2,1-3H3,(H,45,46)/b6-5-,9-8-,12-11-,19-16-,26-22+/t35?,36-,37+/m0/s1. The number of carbonyl (C=O) groups excluding carboxylic acids is 2. The molecule has 0 aliphatic carbocycles. The smallest absolute Gasteiger partial charge is 0.462 e. The van der Waals surface area contributed by atoms with Gasteiger partial charge in [-0.05, 0) is 50.9 Å². The number of allylic oxidation sites excluding steroid dienone is 9. The summed E-state index contributed by atoms with van der Waals surface area (Å²) >= 11 is 0. The lowest BCUT2D eigenvalue weighted by Gasteiger charge is -2.20. The minimum atomic E-state index is -4.66. The van der Waals surface area contributed by atoms with Crippen molar-refractivity contribution in [3.05, 3.63) is 60.8 Å². The lowest BCUT2D eigenvalue weighted by atomic mass is 10.0. The van der Waals surface area contributed by atoms with Crippen molar-refractivity contribution >= 4 is 19.8 Å². The van der Waals surface area contributed by atoms with E-state index in [1.165, 1.54) is 25.7 Å². The number of hydrogen-bond donors (Lipinski definition) is 4. The Kier molecular flexibility index (Phi) is 31.9. The van der Waals surface area contributed by atoms with E-state index in [0.29, 0.717) is 19.3 Å². The molecular formula is C39H67O11P. The summed E-state index contributed by atoms with van der Waals surface area (Å²) in [5.41, 5.74) is 0. The van der Waals surface area contributed by atoms with Gasteiger partial charge in [-0.25, -0.2) is 4.57 Å². The van der Waals surface area contributed by atoms with Crippen LogP contribution in [0.15, 0.2) is 60.8 Å². The summed E-state index contributed by atoms with van der Waals surface area (Å²) in [4.78, 5) is 34.8. The van der Waals surface area contributed by atoms with Crippen molar-refractivity contribution in [2.45, 2.75) is 142 Å². The van der Waals surface area contributed by atoms with Crippen LogP contribution in [0.3, 0.4) is 0 Å². The first-order chi connectivity index (χ1) is 24.5. The molecule has 4 atom stereocenters. The van der Waals surface area contributed by atoms with E-state index in [0.717, 1.165) is 50.9 Å². The molecule has 0 heterocycles. The number of phosphoric ester groups is 1. The van der Waals surface area contributed by atoms with Gasteiger partial charge in [-0.1, -0.05) is 126 Å². The summed E-state index contributed by atoms with van der Waals surface area (Å²) in [6, 6.07) is 0. The van der Waals surface area contributed by atoms with Crippen LogP contribution in [0.2, 0.25) is 0 Å². The number of aliphatic hydroxyl groups excluding tert-OH is 3. The second kappa shape index (κ2) is 33.5. The van der Waals surface area contributed by atoms with E-state index in [1.807, 2.05) is 12.2 Å². The van der Waals surface area contributed by atoms with Crippen molar-refractivity contribution in [1.29, 1.82) is 0 Å². The van der Waals surface area contributed by atoms with E-state index in [2.05, 4.69) is 61.8 Å². The predicted molar refractivity (Wildman–Crippen MR) is 202 cm³/mol. The van der Waals surface area contributed by atoms with Crippen molar-refractivity contribution < 1.29 is 52.9 Å². The molecule has 0 aromatic heterocycles. The zero-order chi connectivity index (χ0) is 38.0. The van der Waals surface area contributed by atoms with E-state index in [9.17, 15) is 29.3 Å². The second-order valence-corrected chi connectivity index (χ2v) is 14.4. The number of esters is 2. The Morgan fingerprint density at radius 2 is 1.25 bits per heavy atom. The highest BCUT2D eigenvalue weighted by Crippen LogP contribution is 2.43. The second-order valence-electron chi connectivity index (χ2n) is 12.9. The molecule has 0 bridgehead atoms. The highest BCUT2D eigenvalue weighted by molar-refractivity contribution is 7.47. The van der Waals surface area contributed by atoms with Crippen LogP contribution in [-0.4, -0.2) is 76.9 Å². The van der Waals surface area contributed by atoms with Crippen LogP contribution < -0.4 is 0 Å². The third kappa shape index (κ3) is 34.5. The SMILES string of the molecule is CC/C=C\C/C=C\C/C=C\C/C=C\C=C\C(O)CCCC(=O)OC[C@H](COP(=O)(O)OC[C@@H](O)CO)OC(=O)CCCCCCCCCC(C)C. The van der Waals surface area contributed by atoms with Gasteiger partial charge in [-0.2, -0.15) is 0 Å². The topological polar surface area (TPSA) is 169 Å². The summed E-state index contributed by atoms with van der Waals surface area (Å²) in [6.07, 6.45) is 29.7. The van der Waals surface area contributed by atoms with Crippen molar-refractivity contribution in [1.82, 2.24) is 0 Å². The molecule has 0 amide bonds. The van der Waals surface area contributed by atoms with Crippen LogP contribution in [0.25, 0.3) is 0 Å². The Labute approximate surface area is 307 Å². The maximum Gasteiger partial charge on any atom is 0.472 e. The van der Waals surface area contributed by atoms with E-state index in [-0.39, 0.29) is 12.8 Å². The molecule has 0 rings (SSSR count). The van der Waals surface area contributed by atoms with Gasteiger partial charge in [0.1, 0.15) is 12.7 Å². The maximum atomic E-state index is 12.5. The molecule has 0 saturated carbocycles. The van der Waals surface area contributed by atoms with Crippen molar-refractivity contribution in [2.24, 2.45) is 5.92 Å².